The topological polar surface area (TPSA) is 97.8 Å². The number of carbonyl (C=O) groups excluding carboxylic acids is 1. The number of rotatable bonds is 11. The van der Waals surface area contributed by atoms with Crippen molar-refractivity contribution in [3.05, 3.63) is 63.0 Å². The molecular formula is C22H24IN3O5S2. The summed E-state index contributed by atoms with van der Waals surface area (Å²) in [7, 11) is -0.718. The predicted molar refractivity (Wildman–Crippen MR) is 137 cm³/mol. The highest BCUT2D eigenvalue weighted by Gasteiger charge is 2.24. The molecule has 0 bridgehead atoms. The third kappa shape index (κ3) is 6.80. The number of carbonyl (C=O) groups is 1. The van der Waals surface area contributed by atoms with Crippen LogP contribution in [0.5, 0.6) is 0 Å². The number of anilines is 1. The fraction of sp³-hybridized carbons (Fsp3) is 0.273. The zero-order valence-electron chi connectivity index (χ0n) is 18.2. The van der Waals surface area contributed by atoms with Crippen LogP contribution in [0.25, 0.3) is 11.3 Å². The SMILES string of the molecule is COCCN(CCOC)S(=O)(=O)c1ccc(C(=O)Nc2nc(-c3ccc(I)cc3)cs2)cc1. The number of nitrogens with one attached hydrogen (secondary N) is 1. The molecule has 0 saturated heterocycles. The summed E-state index contributed by atoms with van der Waals surface area (Å²) in [6.45, 7) is 0.942. The molecule has 1 amide bonds. The molecule has 0 fully saturated rings. The Labute approximate surface area is 211 Å². The van der Waals surface area contributed by atoms with Gasteiger partial charge < -0.3 is 9.47 Å². The van der Waals surface area contributed by atoms with Crippen LogP contribution in [-0.2, 0) is 19.5 Å². The van der Waals surface area contributed by atoms with Gasteiger partial charge in [0, 0.05) is 47.4 Å². The van der Waals surface area contributed by atoms with Crippen molar-refractivity contribution in [1.82, 2.24) is 9.29 Å². The Balaban J connectivity index is 1.70. The predicted octanol–water partition coefficient (Wildman–Crippen LogP) is 3.95. The van der Waals surface area contributed by atoms with E-state index in [9.17, 15) is 13.2 Å². The van der Waals surface area contributed by atoms with Crippen LogP contribution in [-0.4, -0.2) is 64.1 Å². The van der Waals surface area contributed by atoms with Gasteiger partial charge in [-0.05, 0) is 59.0 Å². The molecule has 1 N–H and O–H groups in total. The largest absolute Gasteiger partial charge is 0.383 e. The molecule has 0 aliphatic heterocycles. The van der Waals surface area contributed by atoms with E-state index < -0.39 is 10.0 Å². The number of halogens is 1. The molecule has 1 heterocycles. The van der Waals surface area contributed by atoms with Gasteiger partial charge in [-0.2, -0.15) is 4.31 Å². The monoisotopic (exact) mass is 601 g/mol. The number of ether oxygens (including phenoxy) is 2. The molecule has 0 atom stereocenters. The zero-order chi connectivity index (χ0) is 23.8. The Morgan fingerprint density at radius 1 is 1.03 bits per heavy atom. The summed E-state index contributed by atoms with van der Waals surface area (Å²) < 4.78 is 38.4. The van der Waals surface area contributed by atoms with Gasteiger partial charge in [0.05, 0.1) is 23.8 Å². The standard InChI is InChI=1S/C22H24IN3O5S2/c1-30-13-11-26(12-14-31-2)33(28,29)19-9-5-17(6-10-19)21(27)25-22-24-20(15-32-22)16-3-7-18(23)8-4-16/h3-10,15H,11-14H2,1-2H3,(H,24,25,27). The van der Waals surface area contributed by atoms with E-state index in [0.717, 1.165) is 14.8 Å². The lowest BCUT2D eigenvalue weighted by Gasteiger charge is -2.21. The summed E-state index contributed by atoms with van der Waals surface area (Å²) in [5, 5.41) is 5.12. The quantitative estimate of drug-likeness (QED) is 0.335. The molecular weight excluding hydrogens is 577 g/mol. The first-order chi connectivity index (χ1) is 15.8. The van der Waals surface area contributed by atoms with E-state index in [0.29, 0.717) is 10.7 Å². The number of nitrogens with zero attached hydrogens (tertiary/aromatic N) is 2. The Morgan fingerprint density at radius 2 is 1.64 bits per heavy atom. The lowest BCUT2D eigenvalue weighted by Crippen LogP contribution is -2.36. The molecule has 2 aromatic carbocycles. The van der Waals surface area contributed by atoms with Crippen molar-refractivity contribution in [2.24, 2.45) is 0 Å². The smallest absolute Gasteiger partial charge is 0.257 e. The van der Waals surface area contributed by atoms with E-state index in [1.54, 1.807) is 0 Å². The first-order valence-corrected chi connectivity index (χ1v) is 13.4. The van der Waals surface area contributed by atoms with Gasteiger partial charge in [0.2, 0.25) is 10.0 Å². The van der Waals surface area contributed by atoms with Crippen LogP contribution in [0.3, 0.4) is 0 Å². The Hall–Kier alpha value is -1.90. The molecule has 33 heavy (non-hydrogen) atoms. The number of methoxy groups -OCH3 is 2. The minimum atomic E-state index is -3.75. The maximum absolute atomic E-state index is 13.0. The molecule has 0 radical (unpaired) electrons. The average Bonchev–Trinajstić information content (AvgIpc) is 3.28. The molecule has 11 heteroatoms. The lowest BCUT2D eigenvalue weighted by molar-refractivity contribution is 0.102. The second-order valence-electron chi connectivity index (χ2n) is 6.91. The van der Waals surface area contributed by atoms with Crippen LogP contribution in [0.4, 0.5) is 5.13 Å². The van der Waals surface area contributed by atoms with Crippen molar-refractivity contribution in [3.63, 3.8) is 0 Å². The number of amides is 1. The first kappa shape index (κ1) is 25.7. The van der Waals surface area contributed by atoms with Crippen LogP contribution in [0.2, 0.25) is 0 Å². The van der Waals surface area contributed by atoms with Gasteiger partial charge >= 0.3 is 0 Å². The van der Waals surface area contributed by atoms with Gasteiger partial charge in [-0.1, -0.05) is 12.1 Å². The van der Waals surface area contributed by atoms with Crippen LogP contribution in [0.1, 0.15) is 10.4 Å². The van der Waals surface area contributed by atoms with E-state index in [-0.39, 0.29) is 37.1 Å². The number of hydrogen-bond donors (Lipinski definition) is 1. The zero-order valence-corrected chi connectivity index (χ0v) is 21.9. The lowest BCUT2D eigenvalue weighted by atomic mass is 10.2. The van der Waals surface area contributed by atoms with Crippen molar-refractivity contribution in [3.8, 4) is 11.3 Å². The van der Waals surface area contributed by atoms with Gasteiger partial charge in [0.15, 0.2) is 5.13 Å². The summed E-state index contributed by atoms with van der Waals surface area (Å²) in [5.74, 6) is -0.363. The minimum Gasteiger partial charge on any atom is -0.383 e. The fourth-order valence-corrected chi connectivity index (χ4v) is 5.40. The van der Waals surface area contributed by atoms with Gasteiger partial charge in [-0.15, -0.1) is 11.3 Å². The third-order valence-corrected chi connectivity index (χ3v) is 8.10. The van der Waals surface area contributed by atoms with Crippen molar-refractivity contribution in [2.45, 2.75) is 4.90 Å². The second-order valence-corrected chi connectivity index (χ2v) is 11.0. The van der Waals surface area contributed by atoms with E-state index >= 15 is 0 Å². The maximum Gasteiger partial charge on any atom is 0.257 e. The highest BCUT2D eigenvalue weighted by atomic mass is 127. The van der Waals surface area contributed by atoms with E-state index in [1.165, 1.54) is 54.1 Å². The summed E-state index contributed by atoms with van der Waals surface area (Å²) in [6, 6.07) is 13.8. The molecule has 0 saturated carbocycles. The van der Waals surface area contributed by atoms with Gasteiger partial charge in [-0.25, -0.2) is 13.4 Å². The van der Waals surface area contributed by atoms with Crippen molar-refractivity contribution in [2.75, 3.05) is 45.8 Å². The summed E-state index contributed by atoms with van der Waals surface area (Å²) >= 11 is 3.57. The molecule has 3 rings (SSSR count). The molecule has 0 aliphatic carbocycles. The number of thiazole rings is 1. The van der Waals surface area contributed by atoms with Gasteiger partial charge in [0.1, 0.15) is 0 Å². The van der Waals surface area contributed by atoms with Crippen molar-refractivity contribution in [1.29, 1.82) is 0 Å². The summed E-state index contributed by atoms with van der Waals surface area (Å²) in [4.78, 5) is 17.2. The maximum atomic E-state index is 13.0. The highest BCUT2D eigenvalue weighted by Crippen LogP contribution is 2.26. The van der Waals surface area contributed by atoms with E-state index in [2.05, 4.69) is 32.9 Å². The van der Waals surface area contributed by atoms with Crippen molar-refractivity contribution < 1.29 is 22.7 Å². The van der Waals surface area contributed by atoms with Crippen LogP contribution >= 0.6 is 33.9 Å². The number of hydrogen-bond acceptors (Lipinski definition) is 7. The van der Waals surface area contributed by atoms with E-state index in [1.807, 2.05) is 29.6 Å². The molecule has 1 aromatic heterocycles. The number of benzene rings is 2. The average molecular weight is 601 g/mol. The summed E-state index contributed by atoms with van der Waals surface area (Å²) in [5.41, 5.74) is 2.08. The van der Waals surface area contributed by atoms with Crippen LogP contribution in [0, 0.1) is 3.57 Å². The molecule has 8 nitrogen and oxygen atoms in total. The van der Waals surface area contributed by atoms with Gasteiger partial charge in [0.25, 0.3) is 5.91 Å². The van der Waals surface area contributed by atoms with E-state index in [4.69, 9.17) is 9.47 Å². The van der Waals surface area contributed by atoms with Gasteiger partial charge in [-0.3, -0.25) is 10.1 Å². The number of sulfonamides is 1. The normalized spacial score (nSPS) is 11.6. The minimum absolute atomic E-state index is 0.0986. The second kappa shape index (κ2) is 12.0. The molecule has 0 spiro atoms. The fourth-order valence-electron chi connectivity index (χ4n) is 2.92. The Kier molecular flexibility index (Phi) is 9.35. The summed E-state index contributed by atoms with van der Waals surface area (Å²) in [6.07, 6.45) is 0. The molecule has 0 aliphatic rings. The Morgan fingerprint density at radius 3 is 2.21 bits per heavy atom. The molecule has 3 aromatic rings. The van der Waals surface area contributed by atoms with Crippen molar-refractivity contribution >= 4 is 55.0 Å². The first-order valence-electron chi connectivity index (χ1n) is 9.96. The molecule has 0 unspecified atom stereocenters. The third-order valence-electron chi connectivity index (χ3n) is 4.71. The van der Waals surface area contributed by atoms with Crippen LogP contribution in [0.15, 0.2) is 58.8 Å². The highest BCUT2D eigenvalue weighted by molar-refractivity contribution is 14.1. The Bertz CT molecular complexity index is 1160. The molecule has 176 valence electrons. The number of aromatic nitrogens is 1. The van der Waals surface area contributed by atoms with Crippen LogP contribution < -0.4 is 5.32 Å².